The molecule has 144 valence electrons. The van der Waals surface area contributed by atoms with Gasteiger partial charge in [0, 0.05) is 0 Å². The predicted molar refractivity (Wildman–Crippen MR) is 82.6 cm³/mol. The molecule has 0 amide bonds. The molecule has 1 saturated heterocycles. The molecule has 1 aliphatic rings. The van der Waals surface area contributed by atoms with Crippen molar-refractivity contribution in [1.29, 1.82) is 0 Å². The number of phosphoric ester groups is 1. The zero-order valence-corrected chi connectivity index (χ0v) is 14.1. The molecule has 0 aromatic carbocycles. The van der Waals surface area contributed by atoms with E-state index in [1.165, 1.54) is 11.7 Å². The van der Waals surface area contributed by atoms with Crippen molar-refractivity contribution in [2.45, 2.75) is 24.5 Å². The molecule has 1 fully saturated rings. The fraction of sp³-hybridized carbons (Fsp3) is 0.545. The van der Waals surface area contributed by atoms with Crippen molar-refractivity contribution in [2.24, 2.45) is 0 Å². The van der Waals surface area contributed by atoms with Gasteiger partial charge in [-0.1, -0.05) is 0 Å². The number of hydrogen-bond donors (Lipinski definition) is 5. The number of aromatic nitrogens is 4. The molecule has 2 aromatic rings. The van der Waals surface area contributed by atoms with Crippen LogP contribution < -0.4 is 16.1 Å². The Morgan fingerprint density at radius 2 is 2.08 bits per heavy atom. The van der Waals surface area contributed by atoms with Gasteiger partial charge in [0.1, 0.15) is 25.4 Å². The third kappa shape index (κ3) is 3.19. The average Bonchev–Trinajstić information content (AvgIpc) is 3.09. The highest BCUT2D eigenvalue weighted by molar-refractivity contribution is 7.46. The van der Waals surface area contributed by atoms with Gasteiger partial charge in [-0.25, -0.2) is 9.55 Å². The lowest BCUT2D eigenvalue weighted by atomic mass is 10.1. The lowest BCUT2D eigenvalue weighted by Crippen LogP contribution is -2.33. The number of fused-ring (bicyclic) bond motifs is 1. The monoisotopic (exact) mass is 393 g/mol. The van der Waals surface area contributed by atoms with Crippen LogP contribution in [0.1, 0.15) is 6.23 Å². The summed E-state index contributed by atoms with van der Waals surface area (Å²) in [7, 11) is -3.53. The number of anilines is 1. The number of aliphatic hydroxyl groups is 2. The van der Waals surface area contributed by atoms with Crippen molar-refractivity contribution in [3.63, 3.8) is 0 Å². The molecule has 3 heterocycles. The van der Waals surface area contributed by atoms with Crippen LogP contribution in [-0.2, 0) is 13.8 Å². The molecular formula is C11H16N5O9P. The van der Waals surface area contributed by atoms with Gasteiger partial charge < -0.3 is 35.3 Å². The normalized spacial score (nSPS) is 26.5. The number of nitrogen functional groups attached to an aromatic ring is 1. The molecule has 0 spiro atoms. The molecule has 0 aliphatic carbocycles. The van der Waals surface area contributed by atoms with Crippen LogP contribution in [0.15, 0.2) is 11.1 Å². The summed E-state index contributed by atoms with van der Waals surface area (Å²) in [6, 6.07) is 0. The first-order valence-electron chi connectivity index (χ1n) is 7.15. The van der Waals surface area contributed by atoms with Crippen molar-refractivity contribution in [3.05, 3.63) is 16.7 Å². The number of hydrogen-bond acceptors (Lipinski definition) is 10. The maximum Gasteiger partial charge on any atom is 0.469 e. The Balaban J connectivity index is 1.99. The van der Waals surface area contributed by atoms with E-state index in [1.807, 2.05) is 0 Å². The van der Waals surface area contributed by atoms with Crippen molar-refractivity contribution < 1.29 is 38.7 Å². The van der Waals surface area contributed by atoms with Gasteiger partial charge in [-0.3, -0.25) is 13.9 Å². The summed E-state index contributed by atoms with van der Waals surface area (Å²) in [4.78, 5) is 41.9. The highest BCUT2D eigenvalue weighted by atomic mass is 31.2. The molecule has 1 aliphatic heterocycles. The minimum absolute atomic E-state index is 0.0119. The first-order chi connectivity index (χ1) is 12.1. The number of aliphatic hydroxyl groups excluding tert-OH is 2. The Hall–Kier alpha value is -2.06. The minimum Gasteiger partial charge on any atom is -0.412 e. The molecular weight excluding hydrogens is 377 g/mol. The van der Waals surface area contributed by atoms with Crippen LogP contribution in [-0.4, -0.2) is 71.3 Å². The summed E-state index contributed by atoms with van der Waals surface area (Å²) < 4.78 is 22.7. The van der Waals surface area contributed by atoms with Crippen LogP contribution >= 0.6 is 7.82 Å². The third-order valence-corrected chi connectivity index (χ3v) is 4.27. The summed E-state index contributed by atoms with van der Waals surface area (Å²) in [5, 5.41) is 20.3. The van der Waals surface area contributed by atoms with E-state index in [1.54, 1.807) is 0 Å². The van der Waals surface area contributed by atoms with E-state index >= 15 is 0 Å². The van der Waals surface area contributed by atoms with E-state index in [9.17, 15) is 19.6 Å². The highest BCUT2D eigenvalue weighted by Gasteiger charge is 2.45. The summed E-state index contributed by atoms with van der Waals surface area (Å²) in [6.45, 7) is -0.674. The van der Waals surface area contributed by atoms with Crippen molar-refractivity contribution in [3.8, 4) is 0 Å². The van der Waals surface area contributed by atoms with Crippen LogP contribution in [0.4, 0.5) is 5.95 Å². The Labute approximate surface area is 144 Å². The molecule has 4 atom stereocenters. The maximum atomic E-state index is 11.9. The molecule has 14 nitrogen and oxygen atoms in total. The zero-order valence-electron chi connectivity index (χ0n) is 13.2. The fourth-order valence-corrected chi connectivity index (χ4v) is 2.99. The third-order valence-electron chi connectivity index (χ3n) is 3.79. The molecule has 2 aromatic heterocycles. The van der Waals surface area contributed by atoms with E-state index in [0.717, 1.165) is 11.1 Å². The van der Waals surface area contributed by atoms with Crippen LogP contribution in [0.5, 0.6) is 0 Å². The number of ether oxygens (including phenoxy) is 1. The van der Waals surface area contributed by atoms with Gasteiger partial charge in [-0.15, -0.1) is 4.73 Å². The average molecular weight is 393 g/mol. The van der Waals surface area contributed by atoms with Crippen LogP contribution in [0.25, 0.3) is 11.2 Å². The number of nitrogens with two attached hydrogens (primary N) is 1. The number of phosphoric acid groups is 1. The second-order valence-corrected chi connectivity index (χ2v) is 6.65. The Kier molecular flexibility index (Phi) is 4.74. The lowest BCUT2D eigenvalue weighted by molar-refractivity contribution is -0.0512. The lowest BCUT2D eigenvalue weighted by Gasteiger charge is -2.19. The van der Waals surface area contributed by atoms with E-state index in [0.29, 0.717) is 0 Å². The van der Waals surface area contributed by atoms with Crippen molar-refractivity contribution in [1.82, 2.24) is 19.3 Å². The topological polar surface area (TPSA) is 204 Å². The smallest absolute Gasteiger partial charge is 0.412 e. The molecule has 0 bridgehead atoms. The van der Waals surface area contributed by atoms with E-state index in [-0.39, 0.29) is 17.1 Å². The first kappa shape index (κ1) is 18.7. The van der Waals surface area contributed by atoms with Gasteiger partial charge in [-0.05, 0) is 0 Å². The highest BCUT2D eigenvalue weighted by Crippen LogP contribution is 2.38. The number of nitrogens with zero attached hydrogens (tertiary/aromatic N) is 4. The van der Waals surface area contributed by atoms with Crippen molar-refractivity contribution in [2.75, 3.05) is 19.5 Å². The second kappa shape index (κ2) is 6.59. The van der Waals surface area contributed by atoms with Gasteiger partial charge in [0.25, 0.3) is 0 Å². The molecule has 15 heteroatoms. The first-order valence-corrected chi connectivity index (χ1v) is 8.68. The van der Waals surface area contributed by atoms with E-state index in [4.69, 9.17) is 25.1 Å². The molecule has 0 unspecified atom stereocenters. The van der Waals surface area contributed by atoms with Gasteiger partial charge in [0.15, 0.2) is 17.4 Å². The van der Waals surface area contributed by atoms with Gasteiger partial charge in [0.05, 0.1) is 12.9 Å². The molecule has 26 heavy (non-hydrogen) atoms. The maximum absolute atomic E-state index is 11.9. The standard InChI is InChI=1S/C11H16N5O9P/c1-23-16-9-5(8(19)14-11(16)12)13-3-15(9)10-7(18)6(17)4(25-10)2-24-26(20,21)22/h3-4,6-7,10,17-18H,2H2,1H3,(H2,12,14,19)(H2,20,21,22)/t4-,6-,7-,10-/m1/s1. The molecule has 3 rings (SSSR count). The summed E-state index contributed by atoms with van der Waals surface area (Å²) in [5.41, 5.74) is 4.79. The summed E-state index contributed by atoms with van der Waals surface area (Å²) >= 11 is 0. The van der Waals surface area contributed by atoms with Gasteiger partial charge >= 0.3 is 13.4 Å². The second-order valence-electron chi connectivity index (χ2n) is 5.41. The van der Waals surface area contributed by atoms with Crippen molar-refractivity contribution >= 4 is 24.9 Å². The van der Waals surface area contributed by atoms with Gasteiger partial charge in [-0.2, -0.15) is 4.98 Å². The quantitative estimate of drug-likeness (QED) is 0.322. The zero-order chi connectivity index (χ0) is 19.2. The Morgan fingerprint density at radius 1 is 1.38 bits per heavy atom. The minimum atomic E-state index is -4.79. The van der Waals surface area contributed by atoms with Crippen LogP contribution in [0.3, 0.4) is 0 Å². The summed E-state index contributed by atoms with van der Waals surface area (Å²) in [5.74, 6) is -0.277. The molecule has 6 N–H and O–H groups in total. The van der Waals surface area contributed by atoms with Crippen LogP contribution in [0.2, 0.25) is 0 Å². The largest absolute Gasteiger partial charge is 0.469 e. The Bertz CT molecular complexity index is 923. The fourth-order valence-electron chi connectivity index (χ4n) is 2.65. The van der Waals surface area contributed by atoms with Gasteiger partial charge in [0.2, 0.25) is 5.95 Å². The summed E-state index contributed by atoms with van der Waals surface area (Å²) in [6.07, 6.45) is -4.40. The number of imidazole rings is 1. The Morgan fingerprint density at radius 3 is 2.69 bits per heavy atom. The van der Waals surface area contributed by atoms with E-state index < -0.39 is 44.5 Å². The SMILES string of the molecule is COn1c(N)nc(=O)c2ncn([C@@H]3O[C@H](COP(=O)(O)O)[C@@H](O)[C@H]3O)c21. The molecule has 0 saturated carbocycles. The predicted octanol–water partition coefficient (Wildman–Crippen LogP) is -3.04. The number of rotatable bonds is 5. The van der Waals surface area contributed by atoms with E-state index in [2.05, 4.69) is 14.5 Å². The molecule has 0 radical (unpaired) electrons. The van der Waals surface area contributed by atoms with Crippen LogP contribution in [0, 0.1) is 0 Å².